The van der Waals surface area contributed by atoms with Crippen LogP contribution >= 0.6 is 0 Å². The van der Waals surface area contributed by atoms with Crippen molar-refractivity contribution in [2.24, 2.45) is 14.1 Å². The Balaban J connectivity index is 1.65. The van der Waals surface area contributed by atoms with Crippen molar-refractivity contribution in [2.45, 2.75) is 6.10 Å². The normalized spacial score (nSPS) is 16.9. The van der Waals surface area contributed by atoms with Gasteiger partial charge < -0.3 is 9.64 Å². The zero-order valence-electron chi connectivity index (χ0n) is 16.0. The van der Waals surface area contributed by atoms with Gasteiger partial charge in [-0.15, -0.1) is 0 Å². The van der Waals surface area contributed by atoms with Gasteiger partial charge in [0.05, 0.1) is 24.2 Å². The lowest BCUT2D eigenvalue weighted by atomic mass is 10.1. The Labute approximate surface area is 164 Å². The monoisotopic (exact) mass is 398 g/mol. The highest BCUT2D eigenvalue weighted by Gasteiger charge is 2.27. The van der Waals surface area contributed by atoms with Crippen LogP contribution in [0.25, 0.3) is 11.0 Å². The number of pyridine rings is 1. The van der Waals surface area contributed by atoms with Crippen LogP contribution in [-0.2, 0) is 18.8 Å². The van der Waals surface area contributed by atoms with E-state index in [1.807, 2.05) is 0 Å². The number of carbonyl (C=O) groups excluding carboxylic acids is 1. The van der Waals surface area contributed by atoms with Crippen molar-refractivity contribution < 1.29 is 13.9 Å². The quantitative estimate of drug-likeness (QED) is 0.643. The molecule has 2 aromatic heterocycles. The molecule has 1 aliphatic heterocycles. The molecule has 0 bridgehead atoms. The van der Waals surface area contributed by atoms with Gasteiger partial charge in [-0.25, -0.2) is 14.2 Å². The number of fused-ring (bicyclic) bond motifs is 1. The van der Waals surface area contributed by atoms with Gasteiger partial charge in [0.2, 0.25) is 0 Å². The van der Waals surface area contributed by atoms with E-state index in [4.69, 9.17) is 4.74 Å². The van der Waals surface area contributed by atoms with Gasteiger partial charge in [0, 0.05) is 26.2 Å². The minimum absolute atomic E-state index is 0.222. The maximum absolute atomic E-state index is 13.1. The standard InChI is InChI=1S/C20H19FN4O4/c1-23-17-14(19(27)24(2)20(23)28)7-8-15(22-17)16-11-25(9-10-29-16)18(26)12-3-5-13(21)6-4-12/h3-8,16H,9-11H2,1-2H3/t16-/m0/s1. The predicted octanol–water partition coefficient (Wildman–Crippen LogP) is 0.985. The molecule has 0 radical (unpaired) electrons. The van der Waals surface area contributed by atoms with Gasteiger partial charge in [0.1, 0.15) is 17.6 Å². The van der Waals surface area contributed by atoms with Gasteiger partial charge in [-0.05, 0) is 36.4 Å². The first kappa shape index (κ1) is 19.0. The van der Waals surface area contributed by atoms with E-state index in [-0.39, 0.29) is 18.1 Å². The molecule has 4 rings (SSSR count). The number of ether oxygens (including phenoxy) is 1. The molecule has 0 N–H and O–H groups in total. The van der Waals surface area contributed by atoms with E-state index in [0.717, 1.165) is 4.57 Å². The number of halogens is 1. The Morgan fingerprint density at radius 1 is 1.10 bits per heavy atom. The highest BCUT2D eigenvalue weighted by Crippen LogP contribution is 2.23. The summed E-state index contributed by atoms with van der Waals surface area (Å²) in [7, 11) is 2.97. The summed E-state index contributed by atoms with van der Waals surface area (Å²) in [5.41, 5.74) is 0.299. The van der Waals surface area contributed by atoms with Crippen molar-refractivity contribution >= 4 is 16.9 Å². The molecule has 1 amide bonds. The number of aryl methyl sites for hydroxylation is 1. The van der Waals surface area contributed by atoms with E-state index in [1.165, 1.54) is 35.9 Å². The second kappa shape index (κ2) is 7.25. The Morgan fingerprint density at radius 3 is 2.55 bits per heavy atom. The van der Waals surface area contributed by atoms with Crippen molar-refractivity contribution in [3.05, 3.63) is 74.3 Å². The smallest absolute Gasteiger partial charge is 0.332 e. The Morgan fingerprint density at radius 2 is 1.83 bits per heavy atom. The van der Waals surface area contributed by atoms with Crippen LogP contribution in [0.4, 0.5) is 4.39 Å². The minimum atomic E-state index is -0.503. The number of aromatic nitrogens is 3. The Bertz CT molecular complexity index is 1220. The highest BCUT2D eigenvalue weighted by molar-refractivity contribution is 5.94. The first-order valence-electron chi connectivity index (χ1n) is 9.10. The Kier molecular flexibility index (Phi) is 4.75. The van der Waals surface area contributed by atoms with Crippen molar-refractivity contribution in [3.8, 4) is 0 Å². The number of amides is 1. The zero-order valence-corrected chi connectivity index (χ0v) is 16.0. The third kappa shape index (κ3) is 3.33. The fourth-order valence-electron chi connectivity index (χ4n) is 3.44. The first-order chi connectivity index (χ1) is 13.9. The van der Waals surface area contributed by atoms with Crippen molar-refractivity contribution in [3.63, 3.8) is 0 Å². The number of morpholine rings is 1. The van der Waals surface area contributed by atoms with Crippen LogP contribution in [0.5, 0.6) is 0 Å². The van der Waals surface area contributed by atoms with Crippen LogP contribution in [0.1, 0.15) is 22.2 Å². The number of carbonyl (C=O) groups is 1. The summed E-state index contributed by atoms with van der Waals surface area (Å²) in [6.45, 7) is 0.972. The summed E-state index contributed by atoms with van der Waals surface area (Å²) < 4.78 is 21.2. The molecule has 29 heavy (non-hydrogen) atoms. The highest BCUT2D eigenvalue weighted by atomic mass is 19.1. The van der Waals surface area contributed by atoms with Gasteiger partial charge in [0.25, 0.3) is 11.5 Å². The molecule has 0 unspecified atom stereocenters. The molecule has 1 aromatic carbocycles. The molecule has 0 spiro atoms. The largest absolute Gasteiger partial charge is 0.368 e. The lowest BCUT2D eigenvalue weighted by Gasteiger charge is -2.32. The fraction of sp³-hybridized carbons (Fsp3) is 0.300. The van der Waals surface area contributed by atoms with Gasteiger partial charge >= 0.3 is 5.69 Å². The number of hydrogen-bond donors (Lipinski definition) is 0. The van der Waals surface area contributed by atoms with Crippen molar-refractivity contribution in [1.29, 1.82) is 0 Å². The van der Waals surface area contributed by atoms with Gasteiger partial charge in [-0.1, -0.05) is 0 Å². The fourth-order valence-corrected chi connectivity index (χ4v) is 3.44. The lowest BCUT2D eigenvalue weighted by molar-refractivity contribution is -0.0246. The molecule has 1 atom stereocenters. The number of nitrogens with zero attached hydrogens (tertiary/aromatic N) is 4. The number of benzene rings is 1. The van der Waals surface area contributed by atoms with Gasteiger partial charge in [-0.3, -0.25) is 18.7 Å². The second-order valence-corrected chi connectivity index (χ2v) is 6.93. The van der Waals surface area contributed by atoms with Crippen molar-refractivity contribution in [1.82, 2.24) is 19.0 Å². The van der Waals surface area contributed by atoms with Crippen LogP contribution in [0, 0.1) is 5.82 Å². The average Bonchev–Trinajstić information content (AvgIpc) is 2.76. The van der Waals surface area contributed by atoms with Crippen LogP contribution in [0.3, 0.4) is 0 Å². The molecular formula is C20H19FN4O4. The maximum atomic E-state index is 13.1. The molecule has 8 nitrogen and oxygen atoms in total. The van der Waals surface area contributed by atoms with Crippen molar-refractivity contribution in [2.75, 3.05) is 19.7 Å². The van der Waals surface area contributed by atoms with E-state index in [1.54, 1.807) is 24.1 Å². The maximum Gasteiger partial charge on any atom is 0.332 e. The first-order valence-corrected chi connectivity index (χ1v) is 9.10. The summed E-state index contributed by atoms with van der Waals surface area (Å²) in [5.74, 6) is -0.626. The van der Waals surface area contributed by atoms with E-state index in [2.05, 4.69) is 4.98 Å². The summed E-state index contributed by atoms with van der Waals surface area (Å²) in [4.78, 5) is 43.3. The molecule has 3 heterocycles. The van der Waals surface area contributed by atoms with E-state index >= 15 is 0 Å². The molecule has 3 aromatic rings. The third-order valence-electron chi connectivity index (χ3n) is 5.10. The molecule has 150 valence electrons. The minimum Gasteiger partial charge on any atom is -0.368 e. The predicted molar refractivity (Wildman–Crippen MR) is 103 cm³/mol. The van der Waals surface area contributed by atoms with Gasteiger partial charge in [-0.2, -0.15) is 0 Å². The zero-order chi connectivity index (χ0) is 20.7. The average molecular weight is 398 g/mol. The number of hydrogen-bond acceptors (Lipinski definition) is 5. The molecular weight excluding hydrogens is 379 g/mol. The Hall–Kier alpha value is -3.33. The van der Waals surface area contributed by atoms with Crippen LogP contribution in [0.15, 0.2) is 46.0 Å². The third-order valence-corrected chi connectivity index (χ3v) is 5.10. The van der Waals surface area contributed by atoms with E-state index in [9.17, 15) is 18.8 Å². The SMILES string of the molecule is Cn1c(=O)c2ccc([C@@H]3CN(C(=O)c4ccc(F)cc4)CCO3)nc2n(C)c1=O. The second-order valence-electron chi connectivity index (χ2n) is 6.93. The summed E-state index contributed by atoms with van der Waals surface area (Å²) in [6, 6.07) is 8.67. The van der Waals surface area contributed by atoms with Crippen LogP contribution in [-0.4, -0.2) is 44.6 Å². The molecule has 1 fully saturated rings. The summed E-state index contributed by atoms with van der Waals surface area (Å²) >= 11 is 0. The molecule has 1 saturated heterocycles. The molecule has 1 aliphatic rings. The number of rotatable bonds is 2. The molecule has 0 saturated carbocycles. The lowest BCUT2D eigenvalue weighted by Crippen LogP contribution is -2.42. The topological polar surface area (TPSA) is 86.4 Å². The summed E-state index contributed by atoms with van der Waals surface area (Å²) in [6.07, 6.45) is -0.503. The van der Waals surface area contributed by atoms with Gasteiger partial charge in [0.15, 0.2) is 0 Å². The van der Waals surface area contributed by atoms with E-state index in [0.29, 0.717) is 29.8 Å². The van der Waals surface area contributed by atoms with Crippen LogP contribution in [0.2, 0.25) is 0 Å². The molecule has 9 heteroatoms. The van der Waals surface area contributed by atoms with E-state index < -0.39 is 23.2 Å². The van der Waals surface area contributed by atoms with Crippen LogP contribution < -0.4 is 11.2 Å². The summed E-state index contributed by atoms with van der Waals surface area (Å²) in [5, 5.41) is 0.327. The molecule has 0 aliphatic carbocycles.